The Kier molecular flexibility index (Phi) is 8.75. The summed E-state index contributed by atoms with van der Waals surface area (Å²) in [6, 6.07) is 1.57. The number of alkyl halides is 3. The van der Waals surface area contributed by atoms with Gasteiger partial charge in [-0.3, -0.25) is 14.4 Å². The number of hydrogen-bond acceptors (Lipinski definition) is 9. The van der Waals surface area contributed by atoms with Crippen LogP contribution in [-0.2, 0) is 35.6 Å². The van der Waals surface area contributed by atoms with Gasteiger partial charge < -0.3 is 25.0 Å². The number of fused-ring (bicyclic) bond motifs is 5. The highest BCUT2D eigenvalue weighted by atomic mass is 32.2. The third-order valence-electron chi connectivity index (χ3n) is 12.3. The van der Waals surface area contributed by atoms with Gasteiger partial charge in [-0.25, -0.2) is 26.9 Å². The molecule has 2 aliphatic carbocycles. The summed E-state index contributed by atoms with van der Waals surface area (Å²) in [5.74, 6) is -2.76. The number of nitrogens with one attached hydrogen (secondary N) is 2. The van der Waals surface area contributed by atoms with Crippen LogP contribution in [0.5, 0.6) is 5.75 Å². The van der Waals surface area contributed by atoms with Crippen LogP contribution in [0.4, 0.5) is 22.4 Å². The van der Waals surface area contributed by atoms with E-state index in [1.807, 2.05) is 12.2 Å². The number of carbonyl (C=O) groups excluding carboxylic acids is 4. The van der Waals surface area contributed by atoms with Gasteiger partial charge in [0.2, 0.25) is 17.4 Å². The fourth-order valence-corrected chi connectivity index (χ4v) is 10.8. The SMILES string of the molecule is Cc1nc2cc(F)ccc2c2c1OC1(CC2)CC2C(=O)NC3(C(=O)N4C5(CC5)S4(=O)=O)CC3C=CCCCCCC(NC(=O)OC(C)(C)C(F)(F)F)C(=O)N2C1. The van der Waals surface area contributed by atoms with E-state index in [-0.39, 0.29) is 25.8 Å². The Hall–Kier alpha value is -4.48. The van der Waals surface area contributed by atoms with Gasteiger partial charge in [0.1, 0.15) is 34.8 Å². The Labute approximate surface area is 320 Å². The molecule has 8 rings (SSSR count). The van der Waals surface area contributed by atoms with Crippen LogP contribution in [0.2, 0.25) is 0 Å². The minimum absolute atomic E-state index is 0.0250. The van der Waals surface area contributed by atoms with Gasteiger partial charge in [0, 0.05) is 29.4 Å². The summed E-state index contributed by atoms with van der Waals surface area (Å²) in [6.45, 7) is 2.91. The Bertz CT molecular complexity index is 2190. The summed E-state index contributed by atoms with van der Waals surface area (Å²) in [6.07, 6.45) is 0.929. The fraction of sp³-hybridized carbons (Fsp3) is 0.605. The number of sulfonamides is 1. The minimum atomic E-state index is -4.90. The van der Waals surface area contributed by atoms with Crippen molar-refractivity contribution in [2.24, 2.45) is 5.92 Å². The van der Waals surface area contributed by atoms with Gasteiger partial charge in [-0.2, -0.15) is 13.2 Å². The zero-order valence-corrected chi connectivity index (χ0v) is 31.9. The first-order valence-electron chi connectivity index (χ1n) is 19.0. The van der Waals surface area contributed by atoms with Gasteiger partial charge in [0.05, 0.1) is 17.8 Å². The maximum atomic E-state index is 14.6. The monoisotopic (exact) mass is 805 g/mol. The van der Waals surface area contributed by atoms with Crippen LogP contribution in [0.25, 0.3) is 10.9 Å². The Balaban J connectivity index is 1.14. The summed E-state index contributed by atoms with van der Waals surface area (Å²) in [5, 5.41) is 5.88. The third-order valence-corrected chi connectivity index (χ3v) is 14.7. The Morgan fingerprint density at radius 3 is 2.54 bits per heavy atom. The number of aryl methyl sites for hydroxylation is 2. The van der Waals surface area contributed by atoms with Crippen LogP contribution >= 0.6 is 0 Å². The van der Waals surface area contributed by atoms with E-state index in [1.165, 1.54) is 17.0 Å². The molecule has 0 bridgehead atoms. The predicted octanol–water partition coefficient (Wildman–Crippen LogP) is 4.84. The molecule has 0 radical (unpaired) electrons. The van der Waals surface area contributed by atoms with Crippen LogP contribution in [-0.4, -0.2) is 92.8 Å². The van der Waals surface area contributed by atoms with E-state index in [0.29, 0.717) is 87.6 Å². The van der Waals surface area contributed by atoms with E-state index in [9.17, 15) is 45.2 Å². The lowest BCUT2D eigenvalue weighted by molar-refractivity contribution is -0.244. The molecule has 13 nitrogen and oxygen atoms in total. The zero-order chi connectivity index (χ0) is 40.2. The summed E-state index contributed by atoms with van der Waals surface area (Å²) in [5.41, 5.74) is -3.95. The van der Waals surface area contributed by atoms with Crippen LogP contribution < -0.4 is 15.4 Å². The summed E-state index contributed by atoms with van der Waals surface area (Å²) < 4.78 is 93.2. The van der Waals surface area contributed by atoms with E-state index >= 15 is 0 Å². The molecule has 2 N–H and O–H groups in total. The summed E-state index contributed by atoms with van der Waals surface area (Å²) in [4.78, 5) is 60.9. The lowest BCUT2D eigenvalue weighted by Gasteiger charge is -2.36. The average Bonchev–Trinajstić information content (AvgIpc) is 4.06. The number of benzene rings is 1. The highest BCUT2D eigenvalue weighted by Gasteiger charge is 2.83. The number of alkyl carbamates (subject to hydrolysis) is 1. The number of carbonyl (C=O) groups is 4. The largest absolute Gasteiger partial charge is 0.483 e. The number of amides is 4. The number of rotatable bonds is 3. The smallest absolute Gasteiger partial charge is 0.427 e. The van der Waals surface area contributed by atoms with Crippen LogP contribution in [0.1, 0.15) is 89.3 Å². The fourth-order valence-electron chi connectivity index (χ4n) is 8.70. The number of allylic oxidation sites excluding steroid dienone is 1. The van der Waals surface area contributed by atoms with E-state index in [2.05, 4.69) is 15.6 Å². The number of nitrogens with zero attached hydrogens (tertiary/aromatic N) is 3. The highest BCUT2D eigenvalue weighted by molar-refractivity contribution is 7.98. The van der Waals surface area contributed by atoms with Gasteiger partial charge in [0.25, 0.3) is 15.9 Å². The van der Waals surface area contributed by atoms with Gasteiger partial charge in [0.15, 0.2) is 4.87 Å². The third kappa shape index (κ3) is 6.16. The van der Waals surface area contributed by atoms with Crippen molar-refractivity contribution in [2.45, 2.75) is 131 Å². The number of hydrogen-bond donors (Lipinski definition) is 2. The molecule has 4 fully saturated rings. The molecule has 2 saturated heterocycles. The number of halogens is 4. The van der Waals surface area contributed by atoms with Crippen molar-refractivity contribution in [3.05, 3.63) is 47.4 Å². The lowest BCUT2D eigenvalue weighted by Crippen LogP contribution is -2.57. The molecule has 56 heavy (non-hydrogen) atoms. The maximum absolute atomic E-state index is 14.6. The van der Waals surface area contributed by atoms with Crippen molar-refractivity contribution in [3.8, 4) is 5.75 Å². The van der Waals surface area contributed by atoms with Gasteiger partial charge in [-0.1, -0.05) is 25.0 Å². The van der Waals surface area contributed by atoms with Crippen molar-refractivity contribution in [3.63, 3.8) is 0 Å². The predicted molar refractivity (Wildman–Crippen MR) is 191 cm³/mol. The van der Waals surface area contributed by atoms with Crippen LogP contribution in [0.15, 0.2) is 30.4 Å². The second-order valence-corrected chi connectivity index (χ2v) is 18.7. The van der Waals surface area contributed by atoms with E-state index in [0.717, 1.165) is 9.87 Å². The van der Waals surface area contributed by atoms with E-state index in [1.54, 1.807) is 13.0 Å². The van der Waals surface area contributed by atoms with Gasteiger partial charge in [-0.15, -0.1) is 0 Å². The van der Waals surface area contributed by atoms with Crippen molar-refractivity contribution in [1.82, 2.24) is 24.8 Å². The Morgan fingerprint density at radius 2 is 1.84 bits per heavy atom. The van der Waals surface area contributed by atoms with Gasteiger partial charge in [-0.05, 0) is 84.3 Å². The Morgan fingerprint density at radius 1 is 1.09 bits per heavy atom. The molecule has 2 aromatic rings. The number of pyridine rings is 1. The highest BCUT2D eigenvalue weighted by Crippen LogP contribution is 2.64. The van der Waals surface area contributed by atoms with Gasteiger partial charge >= 0.3 is 12.3 Å². The van der Waals surface area contributed by atoms with Crippen LogP contribution in [0.3, 0.4) is 0 Å². The molecule has 4 aliphatic heterocycles. The molecule has 5 heterocycles. The minimum Gasteiger partial charge on any atom is -0.483 e. The summed E-state index contributed by atoms with van der Waals surface area (Å²) >= 11 is 0. The molecule has 18 heteroatoms. The molecular weight excluding hydrogens is 763 g/mol. The molecule has 4 amide bonds. The first-order valence-corrected chi connectivity index (χ1v) is 20.4. The molecule has 2 spiro atoms. The van der Waals surface area contributed by atoms with E-state index < -0.39 is 85.4 Å². The first-order chi connectivity index (χ1) is 26.2. The molecule has 6 aliphatic rings. The second kappa shape index (κ2) is 12.8. The molecule has 1 aromatic carbocycles. The standard InChI is InChI=1S/C38H43F4N5O8S/c1-21-29-25(24-12-11-23(39)17-27(24)43-21)13-14-35(54-29)19-28-30(48)45-37(32(50)47-36(15-16-36)56(47,52)53)18-22(37)9-7-5-4-6-8-10-26(31(49)46(28)20-35)44-33(51)55-34(2,3)38(40,41)42/h7,9,11-12,17,22,26,28H,4-6,8,10,13-16,18-20H2,1-3H3,(H,44,51)(H,45,48). The number of ether oxygens (including phenoxy) is 2. The molecule has 2 saturated carbocycles. The van der Waals surface area contributed by atoms with Crippen molar-refractivity contribution in [2.75, 3.05) is 6.54 Å². The van der Waals surface area contributed by atoms with Crippen molar-refractivity contribution >= 4 is 44.7 Å². The summed E-state index contributed by atoms with van der Waals surface area (Å²) in [7, 11) is -3.83. The first kappa shape index (κ1) is 38.4. The topological polar surface area (TPSA) is 164 Å². The zero-order valence-electron chi connectivity index (χ0n) is 31.1. The molecule has 302 valence electrons. The lowest BCUT2D eigenvalue weighted by atomic mass is 9.87. The molecular formula is C38H43F4N5O8S. The number of aromatic nitrogens is 1. The molecule has 5 unspecified atom stereocenters. The van der Waals surface area contributed by atoms with E-state index in [4.69, 9.17) is 9.47 Å². The molecule has 5 atom stereocenters. The van der Waals surface area contributed by atoms with Crippen molar-refractivity contribution in [1.29, 1.82) is 0 Å². The van der Waals surface area contributed by atoms with Crippen molar-refractivity contribution < 1.29 is 54.6 Å². The second-order valence-electron chi connectivity index (χ2n) is 16.6. The maximum Gasteiger partial charge on any atom is 0.427 e. The van der Waals surface area contributed by atoms with Crippen LogP contribution in [0, 0.1) is 18.7 Å². The quantitative estimate of drug-likeness (QED) is 0.251. The average molecular weight is 806 g/mol. The normalized spacial score (nSPS) is 30.7. The molecule has 1 aromatic heterocycles.